The molecule has 1 aliphatic rings. The van der Waals surface area contributed by atoms with E-state index >= 15 is 0 Å². The van der Waals surface area contributed by atoms with E-state index in [1.165, 1.54) is 19.1 Å². The number of aromatic nitrogens is 1. The summed E-state index contributed by atoms with van der Waals surface area (Å²) in [5.74, 6) is -0.0683. The first-order valence-corrected chi connectivity index (χ1v) is 9.60. The molecule has 2 aromatic rings. The Hall–Kier alpha value is -2.28. The molecular formula is C19H22FN3O2S. The van der Waals surface area contributed by atoms with Crippen molar-refractivity contribution in [2.24, 2.45) is 0 Å². The van der Waals surface area contributed by atoms with Crippen LogP contribution in [0.5, 0.6) is 0 Å². The molecule has 1 saturated heterocycles. The lowest BCUT2D eigenvalue weighted by Crippen LogP contribution is -2.39. The minimum atomic E-state index is -0.293. The summed E-state index contributed by atoms with van der Waals surface area (Å²) in [6.07, 6.45) is 2.24. The van der Waals surface area contributed by atoms with Crippen LogP contribution in [0.4, 0.5) is 4.39 Å². The Balaban J connectivity index is 1.59. The van der Waals surface area contributed by atoms with Crippen molar-refractivity contribution in [1.29, 1.82) is 0 Å². The van der Waals surface area contributed by atoms with Crippen LogP contribution in [0.2, 0.25) is 0 Å². The second-order valence-electron chi connectivity index (χ2n) is 6.57. The van der Waals surface area contributed by atoms with Gasteiger partial charge < -0.3 is 10.2 Å². The fraction of sp³-hybridized carbons (Fsp3) is 0.421. The second-order valence-corrected chi connectivity index (χ2v) is 7.46. The van der Waals surface area contributed by atoms with E-state index in [0.29, 0.717) is 19.5 Å². The summed E-state index contributed by atoms with van der Waals surface area (Å²) in [6, 6.07) is 6.08. The number of thiazole rings is 1. The fourth-order valence-electron chi connectivity index (χ4n) is 3.10. The summed E-state index contributed by atoms with van der Waals surface area (Å²) >= 11 is 1.59. The predicted octanol–water partition coefficient (Wildman–Crippen LogP) is 2.87. The number of benzene rings is 1. The van der Waals surface area contributed by atoms with Gasteiger partial charge in [0, 0.05) is 31.3 Å². The van der Waals surface area contributed by atoms with Crippen LogP contribution in [0.3, 0.4) is 0 Å². The molecule has 1 unspecified atom stereocenters. The molecule has 2 heterocycles. The zero-order chi connectivity index (χ0) is 18.5. The van der Waals surface area contributed by atoms with Crippen molar-refractivity contribution in [1.82, 2.24) is 15.2 Å². The van der Waals surface area contributed by atoms with Crippen LogP contribution in [0.1, 0.15) is 41.9 Å². The van der Waals surface area contributed by atoms with Crippen LogP contribution in [-0.2, 0) is 22.6 Å². The molecule has 1 atom stereocenters. The number of likely N-dealkylation sites (tertiary alicyclic amines) is 1. The minimum absolute atomic E-state index is 0.0661. The van der Waals surface area contributed by atoms with Gasteiger partial charge >= 0.3 is 0 Å². The molecule has 138 valence electrons. The van der Waals surface area contributed by atoms with Crippen molar-refractivity contribution < 1.29 is 14.0 Å². The van der Waals surface area contributed by atoms with E-state index in [2.05, 4.69) is 10.3 Å². The van der Waals surface area contributed by atoms with Crippen LogP contribution in [0, 0.1) is 5.82 Å². The van der Waals surface area contributed by atoms with Crippen LogP contribution >= 0.6 is 11.3 Å². The normalized spacial score (nSPS) is 17.2. The fourth-order valence-corrected chi connectivity index (χ4v) is 4.05. The van der Waals surface area contributed by atoms with Crippen LogP contribution in [-0.4, -0.2) is 34.8 Å². The van der Waals surface area contributed by atoms with Gasteiger partial charge in [-0.2, -0.15) is 0 Å². The van der Waals surface area contributed by atoms with Crippen molar-refractivity contribution in [3.63, 3.8) is 0 Å². The number of carbonyl (C=O) groups excluding carboxylic acids is 2. The van der Waals surface area contributed by atoms with Gasteiger partial charge in [-0.05, 0) is 30.5 Å². The standard InChI is InChI=1S/C19H22FN3O2S/c1-13(24)21-10-17-12-26-19(22-17)15-3-2-8-23(11-15)18(25)9-14-4-6-16(20)7-5-14/h4-7,12,15H,2-3,8-11H2,1H3,(H,21,24). The third-order valence-electron chi connectivity index (χ3n) is 4.48. The van der Waals surface area contributed by atoms with Gasteiger partial charge in [0.25, 0.3) is 0 Å². The van der Waals surface area contributed by atoms with E-state index in [-0.39, 0.29) is 23.5 Å². The summed E-state index contributed by atoms with van der Waals surface area (Å²) in [5.41, 5.74) is 1.68. The molecular weight excluding hydrogens is 353 g/mol. The molecule has 1 aromatic heterocycles. The quantitative estimate of drug-likeness (QED) is 0.874. The number of halogens is 1. The van der Waals surface area contributed by atoms with E-state index in [9.17, 15) is 14.0 Å². The molecule has 5 nitrogen and oxygen atoms in total. The summed E-state index contributed by atoms with van der Waals surface area (Å²) in [7, 11) is 0. The third-order valence-corrected chi connectivity index (χ3v) is 5.54. The number of amides is 2. The maximum atomic E-state index is 13.0. The maximum Gasteiger partial charge on any atom is 0.227 e. The van der Waals surface area contributed by atoms with Crippen molar-refractivity contribution >= 4 is 23.2 Å². The summed E-state index contributed by atoms with van der Waals surface area (Å²) < 4.78 is 13.0. The molecule has 1 aliphatic heterocycles. The molecule has 1 fully saturated rings. The average molecular weight is 375 g/mol. The second kappa shape index (κ2) is 8.40. The Labute approximate surface area is 156 Å². The van der Waals surface area contributed by atoms with Gasteiger partial charge in [-0.25, -0.2) is 9.37 Å². The largest absolute Gasteiger partial charge is 0.351 e. The number of nitrogens with zero attached hydrogens (tertiary/aromatic N) is 2. The van der Waals surface area contributed by atoms with Gasteiger partial charge in [-0.3, -0.25) is 9.59 Å². The van der Waals surface area contributed by atoms with Crippen LogP contribution in [0.15, 0.2) is 29.6 Å². The summed E-state index contributed by atoms with van der Waals surface area (Å²) in [5, 5.41) is 5.73. The molecule has 0 aliphatic carbocycles. The van der Waals surface area contributed by atoms with E-state index < -0.39 is 0 Å². The first-order chi connectivity index (χ1) is 12.5. The number of rotatable bonds is 5. The predicted molar refractivity (Wildman–Crippen MR) is 98.3 cm³/mol. The van der Waals surface area contributed by atoms with Gasteiger partial charge in [0.05, 0.1) is 23.7 Å². The Morgan fingerprint density at radius 1 is 1.35 bits per heavy atom. The zero-order valence-corrected chi connectivity index (χ0v) is 15.5. The molecule has 0 saturated carbocycles. The van der Waals surface area contributed by atoms with Crippen molar-refractivity contribution in [3.05, 3.63) is 51.7 Å². The van der Waals surface area contributed by atoms with E-state index in [0.717, 1.165) is 35.7 Å². The molecule has 2 amide bonds. The first-order valence-electron chi connectivity index (χ1n) is 8.72. The van der Waals surface area contributed by atoms with Crippen molar-refractivity contribution in [2.45, 2.75) is 38.6 Å². The number of carbonyl (C=O) groups is 2. The first kappa shape index (κ1) is 18.5. The average Bonchev–Trinajstić information content (AvgIpc) is 3.11. The topological polar surface area (TPSA) is 62.3 Å². The molecule has 1 aromatic carbocycles. The highest BCUT2D eigenvalue weighted by atomic mass is 32.1. The summed E-state index contributed by atoms with van der Waals surface area (Å²) in [6.45, 7) is 3.33. The summed E-state index contributed by atoms with van der Waals surface area (Å²) in [4.78, 5) is 30.1. The van der Waals surface area contributed by atoms with Crippen LogP contribution < -0.4 is 5.32 Å². The highest BCUT2D eigenvalue weighted by molar-refractivity contribution is 7.09. The smallest absolute Gasteiger partial charge is 0.227 e. The SMILES string of the molecule is CC(=O)NCc1csc(C2CCCN(C(=O)Cc3ccc(F)cc3)C2)n1. The number of nitrogens with one attached hydrogen (secondary N) is 1. The van der Waals surface area contributed by atoms with E-state index in [1.54, 1.807) is 23.5 Å². The molecule has 0 spiro atoms. The third kappa shape index (κ3) is 4.88. The van der Waals surface area contributed by atoms with E-state index in [1.807, 2.05) is 10.3 Å². The highest BCUT2D eigenvalue weighted by Crippen LogP contribution is 2.29. The lowest BCUT2D eigenvalue weighted by atomic mass is 9.98. The van der Waals surface area contributed by atoms with Gasteiger partial charge in [-0.15, -0.1) is 11.3 Å². The molecule has 0 bridgehead atoms. The van der Waals surface area contributed by atoms with Gasteiger partial charge in [0.2, 0.25) is 11.8 Å². The lowest BCUT2D eigenvalue weighted by Gasteiger charge is -2.32. The molecule has 1 N–H and O–H groups in total. The number of hydrogen-bond donors (Lipinski definition) is 1. The monoisotopic (exact) mass is 375 g/mol. The Morgan fingerprint density at radius 3 is 2.85 bits per heavy atom. The number of piperidine rings is 1. The molecule has 3 rings (SSSR count). The maximum absolute atomic E-state index is 13.0. The van der Waals surface area contributed by atoms with Crippen LogP contribution in [0.25, 0.3) is 0 Å². The minimum Gasteiger partial charge on any atom is -0.351 e. The van der Waals surface area contributed by atoms with Crippen molar-refractivity contribution in [2.75, 3.05) is 13.1 Å². The van der Waals surface area contributed by atoms with E-state index in [4.69, 9.17) is 0 Å². The molecule has 7 heteroatoms. The van der Waals surface area contributed by atoms with Crippen molar-refractivity contribution in [3.8, 4) is 0 Å². The van der Waals surface area contributed by atoms with Gasteiger partial charge in [0.1, 0.15) is 5.82 Å². The highest BCUT2D eigenvalue weighted by Gasteiger charge is 2.26. The molecule has 0 radical (unpaired) electrons. The molecule has 26 heavy (non-hydrogen) atoms. The Kier molecular flexibility index (Phi) is 5.98. The zero-order valence-electron chi connectivity index (χ0n) is 14.7. The van der Waals surface area contributed by atoms with Gasteiger partial charge in [-0.1, -0.05) is 12.1 Å². The lowest BCUT2D eigenvalue weighted by molar-refractivity contribution is -0.131. The van der Waals surface area contributed by atoms with Gasteiger partial charge in [0.15, 0.2) is 0 Å². The number of hydrogen-bond acceptors (Lipinski definition) is 4. The Bertz CT molecular complexity index is 775. The Morgan fingerprint density at radius 2 is 2.12 bits per heavy atom.